The highest BCUT2D eigenvalue weighted by atomic mass is 16.5. The van der Waals surface area contributed by atoms with Gasteiger partial charge in [0.1, 0.15) is 28.6 Å². The van der Waals surface area contributed by atoms with E-state index in [4.69, 9.17) is 4.74 Å². The molecule has 1 unspecified atom stereocenters. The Balaban J connectivity index is 2.11. The van der Waals surface area contributed by atoms with Crippen LogP contribution in [0.1, 0.15) is 122 Å². The Kier molecular flexibility index (Phi) is 8.07. The highest BCUT2D eigenvalue weighted by Gasteiger charge is 2.57. The van der Waals surface area contributed by atoms with Crippen LogP contribution in [0.4, 0.5) is 0 Å². The third kappa shape index (κ3) is 4.83. The van der Waals surface area contributed by atoms with Gasteiger partial charge in [-0.05, 0) is 46.5 Å². The molecule has 1 aliphatic carbocycles. The monoisotopic (exact) mass is 498 g/mol. The first-order chi connectivity index (χ1) is 16.8. The molecule has 0 amide bonds. The number of Topliss-reactive ketones (excluding diaryl/α,β-unsaturated/α-hetero) is 3. The molecule has 1 aromatic carbocycles. The number of carbonyl (C=O) groups is 3. The van der Waals surface area contributed by atoms with E-state index in [9.17, 15) is 24.6 Å². The topological polar surface area (TPSA) is 101 Å². The van der Waals surface area contributed by atoms with E-state index in [1.54, 1.807) is 27.7 Å². The summed E-state index contributed by atoms with van der Waals surface area (Å²) in [5.41, 5.74) is -1.58. The first kappa shape index (κ1) is 27.9. The van der Waals surface area contributed by atoms with Crippen molar-refractivity contribution in [3.8, 4) is 17.2 Å². The predicted molar refractivity (Wildman–Crippen MR) is 140 cm³/mol. The number of fused-ring (bicyclic) bond motifs is 1. The molecule has 1 aliphatic heterocycles. The number of phenolic OH excluding ortho intramolecular Hbond substituents is 2. The van der Waals surface area contributed by atoms with E-state index < -0.39 is 16.7 Å². The molecule has 198 valence electrons. The summed E-state index contributed by atoms with van der Waals surface area (Å²) in [4.78, 5) is 40.4. The maximum absolute atomic E-state index is 13.7. The summed E-state index contributed by atoms with van der Waals surface area (Å²) in [6.45, 7) is 12.9. The van der Waals surface area contributed by atoms with E-state index in [1.165, 1.54) is 12.5 Å². The molecule has 0 saturated heterocycles. The summed E-state index contributed by atoms with van der Waals surface area (Å²) in [7, 11) is 0. The van der Waals surface area contributed by atoms with Gasteiger partial charge in [-0.2, -0.15) is 0 Å². The minimum Gasteiger partial charge on any atom is -0.507 e. The molecule has 2 aliphatic rings. The summed E-state index contributed by atoms with van der Waals surface area (Å²) in [6, 6.07) is 1.18. The molecule has 0 fully saturated rings. The number of aromatic hydroxyl groups is 2. The molecule has 0 bridgehead atoms. The number of unbranched alkanes of at least 4 members (excludes halogenated alkanes) is 5. The standard InChI is InChI=1S/C30H42O6/c1-8-9-10-11-12-13-14-19(31)24-21(33)16-20(32)22-18(15-17(2)3)23-26(34)29(4,5)28(35)30(6,7)27(23)36-25(22)24/h16-18,32-33H,8-15H2,1-7H3. The Morgan fingerprint density at radius 2 is 1.58 bits per heavy atom. The minimum atomic E-state index is -1.23. The predicted octanol–water partition coefficient (Wildman–Crippen LogP) is 7.01. The molecule has 36 heavy (non-hydrogen) atoms. The normalized spacial score (nSPS) is 20.3. The van der Waals surface area contributed by atoms with E-state index in [-0.39, 0.29) is 58.3 Å². The van der Waals surface area contributed by atoms with Gasteiger partial charge < -0.3 is 14.9 Å². The van der Waals surface area contributed by atoms with Crippen molar-refractivity contribution in [1.29, 1.82) is 0 Å². The molecule has 6 nitrogen and oxygen atoms in total. The lowest BCUT2D eigenvalue weighted by Gasteiger charge is -2.45. The highest BCUT2D eigenvalue weighted by Crippen LogP contribution is 2.57. The Morgan fingerprint density at radius 1 is 0.972 bits per heavy atom. The summed E-state index contributed by atoms with van der Waals surface area (Å²) in [5.74, 6) is -1.48. The average molecular weight is 499 g/mol. The van der Waals surface area contributed by atoms with E-state index in [2.05, 4.69) is 6.92 Å². The minimum absolute atomic E-state index is 0.0252. The van der Waals surface area contributed by atoms with E-state index in [0.717, 1.165) is 25.7 Å². The number of ketones is 3. The van der Waals surface area contributed by atoms with Crippen molar-refractivity contribution >= 4 is 17.3 Å². The van der Waals surface area contributed by atoms with Gasteiger partial charge in [0.05, 0.1) is 10.8 Å². The van der Waals surface area contributed by atoms with E-state index >= 15 is 0 Å². The van der Waals surface area contributed by atoms with Gasteiger partial charge in [-0.3, -0.25) is 14.4 Å². The highest BCUT2D eigenvalue weighted by molar-refractivity contribution is 6.20. The van der Waals surface area contributed by atoms with Crippen molar-refractivity contribution in [2.45, 2.75) is 106 Å². The van der Waals surface area contributed by atoms with Gasteiger partial charge in [0.15, 0.2) is 17.3 Å². The smallest absolute Gasteiger partial charge is 0.175 e. The molecule has 2 N–H and O–H groups in total. The fraction of sp³-hybridized carbons (Fsp3) is 0.633. The Morgan fingerprint density at radius 3 is 2.19 bits per heavy atom. The van der Waals surface area contributed by atoms with Crippen LogP contribution in [0.5, 0.6) is 17.2 Å². The second kappa shape index (κ2) is 10.4. The Hall–Kier alpha value is -2.63. The number of hydrogen-bond acceptors (Lipinski definition) is 6. The van der Waals surface area contributed by atoms with Crippen molar-refractivity contribution in [1.82, 2.24) is 0 Å². The van der Waals surface area contributed by atoms with Gasteiger partial charge in [0, 0.05) is 29.5 Å². The van der Waals surface area contributed by atoms with Crippen molar-refractivity contribution in [3.05, 3.63) is 28.5 Å². The summed E-state index contributed by atoms with van der Waals surface area (Å²) < 4.78 is 6.27. The van der Waals surface area contributed by atoms with Gasteiger partial charge in [-0.15, -0.1) is 0 Å². The molecule has 0 aromatic heterocycles. The van der Waals surface area contributed by atoms with Crippen LogP contribution >= 0.6 is 0 Å². The molecule has 1 aromatic rings. The van der Waals surface area contributed by atoms with Gasteiger partial charge in [0.2, 0.25) is 0 Å². The van der Waals surface area contributed by atoms with Crippen LogP contribution in [-0.4, -0.2) is 27.6 Å². The van der Waals surface area contributed by atoms with Crippen LogP contribution in [0, 0.1) is 16.7 Å². The first-order valence-corrected chi connectivity index (χ1v) is 13.4. The molecule has 6 heteroatoms. The molecule has 0 saturated carbocycles. The zero-order chi connectivity index (χ0) is 27.0. The van der Waals surface area contributed by atoms with E-state index in [0.29, 0.717) is 24.0 Å². The molecule has 0 radical (unpaired) electrons. The molecule has 0 spiro atoms. The van der Waals surface area contributed by atoms with Crippen molar-refractivity contribution in [2.75, 3.05) is 0 Å². The third-order valence-electron chi connectivity index (χ3n) is 7.68. The van der Waals surface area contributed by atoms with Crippen molar-refractivity contribution < 1.29 is 29.3 Å². The lowest BCUT2D eigenvalue weighted by atomic mass is 9.59. The number of allylic oxidation sites excluding steroid dienone is 2. The van der Waals surface area contributed by atoms with Crippen molar-refractivity contribution in [3.63, 3.8) is 0 Å². The second-order valence-electron chi connectivity index (χ2n) is 11.9. The summed E-state index contributed by atoms with van der Waals surface area (Å²) in [5, 5.41) is 21.7. The van der Waals surface area contributed by atoms with E-state index in [1.807, 2.05) is 13.8 Å². The maximum Gasteiger partial charge on any atom is 0.175 e. The number of carbonyl (C=O) groups excluding carboxylic acids is 3. The molecule has 1 heterocycles. The van der Waals surface area contributed by atoms with Crippen LogP contribution in [-0.2, 0) is 9.59 Å². The van der Waals surface area contributed by atoms with Gasteiger partial charge >= 0.3 is 0 Å². The van der Waals surface area contributed by atoms with Gasteiger partial charge in [0.25, 0.3) is 0 Å². The lowest BCUT2D eigenvalue weighted by molar-refractivity contribution is -0.144. The van der Waals surface area contributed by atoms with Gasteiger partial charge in [-0.1, -0.05) is 52.9 Å². The Bertz CT molecular complexity index is 1090. The quantitative estimate of drug-likeness (QED) is 0.204. The summed E-state index contributed by atoms with van der Waals surface area (Å²) in [6.07, 6.45) is 6.89. The molecule has 3 rings (SSSR count). The number of phenols is 2. The van der Waals surface area contributed by atoms with Crippen molar-refractivity contribution in [2.24, 2.45) is 16.7 Å². The molecule has 1 atom stereocenters. The van der Waals surface area contributed by atoms with Crippen LogP contribution in [0.15, 0.2) is 17.4 Å². The van der Waals surface area contributed by atoms with Crippen LogP contribution < -0.4 is 4.74 Å². The fourth-order valence-corrected chi connectivity index (χ4v) is 5.77. The number of ether oxygens (including phenoxy) is 1. The third-order valence-corrected chi connectivity index (χ3v) is 7.68. The Labute approximate surface area is 215 Å². The number of benzene rings is 1. The molecular formula is C30H42O6. The lowest BCUT2D eigenvalue weighted by Crippen LogP contribution is -2.51. The maximum atomic E-state index is 13.7. The zero-order valence-electron chi connectivity index (χ0n) is 22.9. The van der Waals surface area contributed by atoms with Crippen LogP contribution in [0.2, 0.25) is 0 Å². The summed E-state index contributed by atoms with van der Waals surface area (Å²) >= 11 is 0. The SMILES string of the molecule is CCCCCCCCC(=O)c1c(O)cc(O)c2c1OC1=C(C(=O)C(C)(C)C(=O)C1(C)C)C2CC(C)C. The first-order valence-electron chi connectivity index (χ1n) is 13.4. The average Bonchev–Trinajstić information content (AvgIpc) is 2.78. The fourth-order valence-electron chi connectivity index (χ4n) is 5.77. The number of hydrogen-bond donors (Lipinski definition) is 2. The number of rotatable bonds is 10. The van der Waals surface area contributed by atoms with Gasteiger partial charge in [-0.25, -0.2) is 0 Å². The second-order valence-corrected chi connectivity index (χ2v) is 11.9. The molecular weight excluding hydrogens is 456 g/mol. The van der Waals surface area contributed by atoms with Crippen LogP contribution in [0.3, 0.4) is 0 Å². The zero-order valence-corrected chi connectivity index (χ0v) is 22.9. The largest absolute Gasteiger partial charge is 0.507 e. The van der Waals surface area contributed by atoms with Crippen LogP contribution in [0.25, 0.3) is 0 Å².